The maximum atomic E-state index is 13.1. The Labute approximate surface area is 156 Å². The molecule has 1 aliphatic carbocycles. The summed E-state index contributed by atoms with van der Waals surface area (Å²) in [5.74, 6) is -0.0154. The largest absolute Gasteiger partial charge is 0.371 e. The van der Waals surface area contributed by atoms with Gasteiger partial charge in [-0.05, 0) is 43.3 Å². The van der Waals surface area contributed by atoms with Gasteiger partial charge in [-0.25, -0.2) is 0 Å². The van der Waals surface area contributed by atoms with Crippen LogP contribution >= 0.6 is 12.2 Å². The van der Waals surface area contributed by atoms with Gasteiger partial charge < -0.3 is 14.6 Å². The number of carbonyl (C=O) groups is 1. The molecule has 0 bridgehead atoms. The molecule has 2 fully saturated rings. The lowest BCUT2D eigenvalue weighted by Gasteiger charge is -2.42. The number of ether oxygens (including phenoxy) is 1. The predicted octanol–water partition coefficient (Wildman–Crippen LogP) is 3.15. The fraction of sp³-hybridized carbons (Fsp3) is 0.526. The quantitative estimate of drug-likeness (QED) is 0.753. The van der Waals surface area contributed by atoms with E-state index in [9.17, 15) is 9.59 Å². The van der Waals surface area contributed by atoms with Crippen molar-refractivity contribution in [3.63, 3.8) is 0 Å². The number of morpholine rings is 1. The lowest BCUT2D eigenvalue weighted by atomic mass is 9.92. The fourth-order valence-electron chi connectivity index (χ4n) is 4.18. The summed E-state index contributed by atoms with van der Waals surface area (Å²) in [6, 6.07) is 5.11. The minimum Gasteiger partial charge on any atom is -0.371 e. The average molecular weight is 373 g/mol. The number of H-pyrrole nitrogens is 2. The van der Waals surface area contributed by atoms with E-state index < -0.39 is 0 Å². The van der Waals surface area contributed by atoms with Gasteiger partial charge in [-0.1, -0.05) is 25.7 Å². The Hall–Kier alpha value is -1.99. The van der Waals surface area contributed by atoms with Crippen molar-refractivity contribution in [2.75, 3.05) is 19.7 Å². The van der Waals surface area contributed by atoms with E-state index in [0.29, 0.717) is 36.2 Å². The number of benzene rings is 1. The normalized spacial score (nSPS) is 20.2. The van der Waals surface area contributed by atoms with E-state index in [0.717, 1.165) is 25.7 Å². The summed E-state index contributed by atoms with van der Waals surface area (Å²) >= 11 is 5.03. The number of aromatic nitrogens is 2. The number of aromatic amines is 2. The molecule has 1 saturated carbocycles. The van der Waals surface area contributed by atoms with E-state index in [4.69, 9.17) is 17.0 Å². The van der Waals surface area contributed by atoms with Gasteiger partial charge in [-0.2, -0.15) is 0 Å². The zero-order chi connectivity index (χ0) is 18.1. The molecule has 6 nitrogen and oxygen atoms in total. The highest BCUT2D eigenvalue weighted by atomic mass is 32.1. The molecule has 0 unspecified atom stereocenters. The monoisotopic (exact) mass is 373 g/mol. The highest BCUT2D eigenvalue weighted by Gasteiger charge is 2.38. The van der Waals surface area contributed by atoms with Gasteiger partial charge in [0.25, 0.3) is 11.5 Å². The van der Waals surface area contributed by atoms with Crippen molar-refractivity contribution in [2.45, 2.75) is 44.1 Å². The van der Waals surface area contributed by atoms with Crippen LogP contribution in [0.5, 0.6) is 0 Å². The number of hydrogen-bond donors (Lipinski definition) is 2. The van der Waals surface area contributed by atoms with Crippen molar-refractivity contribution >= 4 is 29.0 Å². The number of nitrogens with one attached hydrogen (secondary N) is 2. The maximum absolute atomic E-state index is 13.1. The Morgan fingerprint density at radius 1 is 1.15 bits per heavy atom. The molecule has 1 aromatic heterocycles. The lowest BCUT2D eigenvalue weighted by Crippen LogP contribution is -2.53. The summed E-state index contributed by atoms with van der Waals surface area (Å²) in [6.07, 6.45) is 6.87. The smallest absolute Gasteiger partial charge is 0.259 e. The van der Waals surface area contributed by atoms with Crippen LogP contribution in [0.25, 0.3) is 10.9 Å². The molecule has 1 amide bonds. The molecular formula is C19H23N3O3S. The molecule has 4 rings (SSSR count). The second-order valence-corrected chi connectivity index (χ2v) is 7.75. The third-order valence-corrected chi connectivity index (χ3v) is 5.74. The molecule has 2 aliphatic rings. The van der Waals surface area contributed by atoms with Crippen LogP contribution in [0.4, 0.5) is 0 Å². The van der Waals surface area contributed by atoms with Gasteiger partial charge in [0.05, 0.1) is 29.7 Å². The van der Waals surface area contributed by atoms with Gasteiger partial charge in [0.15, 0.2) is 4.77 Å². The van der Waals surface area contributed by atoms with Gasteiger partial charge in [-0.3, -0.25) is 14.6 Å². The van der Waals surface area contributed by atoms with Gasteiger partial charge >= 0.3 is 0 Å². The van der Waals surface area contributed by atoms with Gasteiger partial charge in [0.1, 0.15) is 0 Å². The second kappa shape index (κ2) is 6.96. The van der Waals surface area contributed by atoms with Crippen molar-refractivity contribution in [3.8, 4) is 0 Å². The Balaban J connectivity index is 1.61. The van der Waals surface area contributed by atoms with Crippen molar-refractivity contribution in [2.24, 2.45) is 0 Å². The molecule has 1 saturated heterocycles. The van der Waals surface area contributed by atoms with Crippen LogP contribution in [-0.4, -0.2) is 46.1 Å². The standard InChI is InChI=1S/C19H23N3O3S/c23-16-14-6-5-13(11-15(14)20-18(26)21-16)17(24)22-9-10-25-19(12-22)7-3-1-2-4-8-19/h5-6,11H,1-4,7-10,12H2,(H2,20,21,23,26). The van der Waals surface area contributed by atoms with E-state index in [2.05, 4.69) is 9.97 Å². The number of hydrogen-bond acceptors (Lipinski definition) is 4. The molecule has 7 heteroatoms. The minimum absolute atomic E-state index is 0.0154. The highest BCUT2D eigenvalue weighted by molar-refractivity contribution is 7.71. The van der Waals surface area contributed by atoms with E-state index in [1.54, 1.807) is 18.2 Å². The van der Waals surface area contributed by atoms with Gasteiger partial charge in [0.2, 0.25) is 0 Å². The van der Waals surface area contributed by atoms with E-state index in [-0.39, 0.29) is 21.8 Å². The first-order valence-electron chi connectivity index (χ1n) is 9.26. The van der Waals surface area contributed by atoms with Crippen molar-refractivity contribution < 1.29 is 9.53 Å². The topological polar surface area (TPSA) is 78.2 Å². The van der Waals surface area contributed by atoms with Gasteiger partial charge in [-0.15, -0.1) is 0 Å². The molecule has 2 N–H and O–H groups in total. The van der Waals surface area contributed by atoms with E-state index in [1.165, 1.54) is 12.8 Å². The van der Waals surface area contributed by atoms with Crippen LogP contribution in [0.2, 0.25) is 0 Å². The molecule has 138 valence electrons. The van der Waals surface area contributed by atoms with E-state index >= 15 is 0 Å². The summed E-state index contributed by atoms with van der Waals surface area (Å²) < 4.78 is 6.41. The molecule has 0 radical (unpaired) electrons. The second-order valence-electron chi connectivity index (χ2n) is 7.34. The zero-order valence-electron chi connectivity index (χ0n) is 14.7. The Kier molecular flexibility index (Phi) is 4.67. The molecule has 2 aromatic rings. The summed E-state index contributed by atoms with van der Waals surface area (Å²) in [6.45, 7) is 1.83. The predicted molar refractivity (Wildman–Crippen MR) is 102 cm³/mol. The Morgan fingerprint density at radius 2 is 1.92 bits per heavy atom. The molecule has 1 aliphatic heterocycles. The van der Waals surface area contributed by atoms with Crippen LogP contribution in [0.1, 0.15) is 48.9 Å². The first kappa shape index (κ1) is 17.4. The average Bonchev–Trinajstić information content (AvgIpc) is 2.86. The van der Waals surface area contributed by atoms with Crippen LogP contribution in [0.3, 0.4) is 0 Å². The third kappa shape index (κ3) is 3.33. The SMILES string of the molecule is O=C(c1ccc2c(=O)[nH]c(=S)[nH]c2c1)N1CCOC2(CCCCCC2)C1. The maximum Gasteiger partial charge on any atom is 0.259 e. The number of nitrogens with zero attached hydrogens (tertiary/aromatic N) is 1. The summed E-state index contributed by atoms with van der Waals surface area (Å²) in [5.41, 5.74) is 0.728. The summed E-state index contributed by atoms with van der Waals surface area (Å²) in [5, 5.41) is 0.498. The number of amides is 1. The highest BCUT2D eigenvalue weighted by Crippen LogP contribution is 2.33. The summed E-state index contributed by atoms with van der Waals surface area (Å²) in [7, 11) is 0. The van der Waals surface area contributed by atoms with Crippen molar-refractivity contribution in [1.82, 2.24) is 14.9 Å². The Morgan fingerprint density at radius 3 is 2.69 bits per heavy atom. The van der Waals surface area contributed by atoms with E-state index in [1.807, 2.05) is 4.90 Å². The van der Waals surface area contributed by atoms with Crippen LogP contribution < -0.4 is 5.56 Å². The third-order valence-electron chi connectivity index (χ3n) is 5.54. The molecule has 1 aromatic carbocycles. The minimum atomic E-state index is -0.244. The molecule has 26 heavy (non-hydrogen) atoms. The lowest BCUT2D eigenvalue weighted by molar-refractivity contribution is -0.107. The fourth-order valence-corrected chi connectivity index (χ4v) is 4.38. The van der Waals surface area contributed by atoms with Crippen molar-refractivity contribution in [1.29, 1.82) is 0 Å². The van der Waals surface area contributed by atoms with Crippen LogP contribution in [-0.2, 0) is 4.74 Å². The first-order chi connectivity index (χ1) is 12.6. The zero-order valence-corrected chi connectivity index (χ0v) is 15.5. The van der Waals surface area contributed by atoms with Gasteiger partial charge in [0, 0.05) is 12.1 Å². The molecule has 0 atom stereocenters. The summed E-state index contributed by atoms with van der Waals surface area (Å²) in [4.78, 5) is 32.5. The van der Waals surface area contributed by atoms with Crippen LogP contribution in [0.15, 0.2) is 23.0 Å². The van der Waals surface area contributed by atoms with Crippen molar-refractivity contribution in [3.05, 3.63) is 38.9 Å². The number of fused-ring (bicyclic) bond motifs is 1. The Bertz CT molecular complexity index is 941. The number of carbonyl (C=O) groups excluding carboxylic acids is 1. The molecule has 1 spiro atoms. The molecule has 2 heterocycles. The molecular weight excluding hydrogens is 350 g/mol. The first-order valence-corrected chi connectivity index (χ1v) is 9.67. The number of rotatable bonds is 1. The van der Waals surface area contributed by atoms with Crippen LogP contribution in [0, 0.1) is 4.77 Å².